The topological polar surface area (TPSA) is 47.4 Å². The SMILES string of the molecule is CCc1cc(CN(CC)CCC(=O)OC)n(CC)n1. The highest BCUT2D eigenvalue weighted by Gasteiger charge is 2.11. The number of ether oxygens (including phenoxy) is 1. The molecule has 0 saturated carbocycles. The molecule has 0 saturated heterocycles. The molecule has 0 N–H and O–H groups in total. The third kappa shape index (κ3) is 4.67. The molecule has 19 heavy (non-hydrogen) atoms. The van der Waals surface area contributed by atoms with Crippen molar-refractivity contribution in [2.75, 3.05) is 20.2 Å². The zero-order chi connectivity index (χ0) is 14.3. The van der Waals surface area contributed by atoms with Gasteiger partial charge >= 0.3 is 5.97 Å². The number of aromatic nitrogens is 2. The van der Waals surface area contributed by atoms with Gasteiger partial charge in [-0.05, 0) is 26.0 Å². The van der Waals surface area contributed by atoms with Crippen molar-refractivity contribution < 1.29 is 9.53 Å². The van der Waals surface area contributed by atoms with Crippen molar-refractivity contribution in [3.63, 3.8) is 0 Å². The number of aryl methyl sites for hydroxylation is 2. The van der Waals surface area contributed by atoms with Crippen LogP contribution in [0, 0.1) is 0 Å². The van der Waals surface area contributed by atoms with E-state index in [-0.39, 0.29) is 5.97 Å². The molecule has 0 amide bonds. The van der Waals surface area contributed by atoms with Crippen molar-refractivity contribution in [3.05, 3.63) is 17.5 Å². The van der Waals surface area contributed by atoms with Gasteiger partial charge in [-0.2, -0.15) is 5.10 Å². The molecular formula is C14H25N3O2. The van der Waals surface area contributed by atoms with E-state index in [2.05, 4.69) is 41.6 Å². The molecule has 0 atom stereocenters. The lowest BCUT2D eigenvalue weighted by molar-refractivity contribution is -0.141. The number of esters is 1. The summed E-state index contributed by atoms with van der Waals surface area (Å²) < 4.78 is 6.72. The van der Waals surface area contributed by atoms with Crippen LogP contribution in [0.2, 0.25) is 0 Å². The number of nitrogens with zero attached hydrogens (tertiary/aromatic N) is 3. The predicted octanol–water partition coefficient (Wildman–Crippen LogP) is 1.85. The highest BCUT2D eigenvalue weighted by Crippen LogP contribution is 2.09. The maximum absolute atomic E-state index is 11.2. The lowest BCUT2D eigenvalue weighted by Crippen LogP contribution is -2.27. The van der Waals surface area contributed by atoms with Gasteiger partial charge in [0, 0.05) is 19.6 Å². The molecule has 1 aromatic heterocycles. The maximum atomic E-state index is 11.2. The van der Waals surface area contributed by atoms with Crippen LogP contribution in [0.15, 0.2) is 6.07 Å². The first kappa shape index (κ1) is 15.7. The van der Waals surface area contributed by atoms with E-state index >= 15 is 0 Å². The smallest absolute Gasteiger partial charge is 0.306 e. The third-order valence-corrected chi connectivity index (χ3v) is 3.27. The molecule has 5 heteroatoms. The minimum atomic E-state index is -0.156. The number of methoxy groups -OCH3 is 1. The molecule has 0 fully saturated rings. The Morgan fingerprint density at radius 3 is 2.68 bits per heavy atom. The number of rotatable bonds is 8. The van der Waals surface area contributed by atoms with Gasteiger partial charge in [-0.15, -0.1) is 0 Å². The number of carbonyl (C=O) groups excluding carboxylic acids is 1. The van der Waals surface area contributed by atoms with Crippen LogP contribution < -0.4 is 0 Å². The molecule has 1 heterocycles. The number of hydrogen-bond acceptors (Lipinski definition) is 4. The zero-order valence-electron chi connectivity index (χ0n) is 12.5. The van der Waals surface area contributed by atoms with Gasteiger partial charge in [-0.3, -0.25) is 14.4 Å². The van der Waals surface area contributed by atoms with Crippen LogP contribution in [0.1, 0.15) is 38.6 Å². The molecule has 0 spiro atoms. The molecule has 0 aliphatic heterocycles. The van der Waals surface area contributed by atoms with E-state index in [4.69, 9.17) is 0 Å². The average molecular weight is 267 g/mol. The zero-order valence-corrected chi connectivity index (χ0v) is 12.5. The van der Waals surface area contributed by atoms with Crippen molar-refractivity contribution in [2.45, 2.75) is 46.7 Å². The van der Waals surface area contributed by atoms with Gasteiger partial charge in [0.1, 0.15) is 0 Å². The minimum Gasteiger partial charge on any atom is -0.469 e. The Bertz CT molecular complexity index is 401. The van der Waals surface area contributed by atoms with Crippen LogP contribution in [-0.2, 0) is 29.0 Å². The fraction of sp³-hybridized carbons (Fsp3) is 0.714. The highest BCUT2D eigenvalue weighted by molar-refractivity contribution is 5.69. The fourth-order valence-electron chi connectivity index (χ4n) is 2.02. The summed E-state index contributed by atoms with van der Waals surface area (Å²) in [5, 5.41) is 4.54. The van der Waals surface area contributed by atoms with Crippen molar-refractivity contribution in [2.24, 2.45) is 0 Å². The van der Waals surface area contributed by atoms with Gasteiger partial charge in [-0.25, -0.2) is 0 Å². The molecule has 0 aromatic carbocycles. The molecule has 0 bridgehead atoms. The Morgan fingerprint density at radius 2 is 2.16 bits per heavy atom. The van der Waals surface area contributed by atoms with Gasteiger partial charge in [0.15, 0.2) is 0 Å². The van der Waals surface area contributed by atoms with E-state index in [1.807, 2.05) is 4.68 Å². The molecule has 1 rings (SSSR count). The summed E-state index contributed by atoms with van der Waals surface area (Å²) in [7, 11) is 1.43. The van der Waals surface area contributed by atoms with Gasteiger partial charge in [0.05, 0.1) is 24.9 Å². The van der Waals surface area contributed by atoms with Gasteiger partial charge in [0.2, 0.25) is 0 Å². The van der Waals surface area contributed by atoms with E-state index in [0.29, 0.717) is 6.42 Å². The van der Waals surface area contributed by atoms with E-state index in [9.17, 15) is 4.79 Å². The number of carbonyl (C=O) groups is 1. The molecular weight excluding hydrogens is 242 g/mol. The lowest BCUT2D eigenvalue weighted by Gasteiger charge is -2.20. The summed E-state index contributed by atoms with van der Waals surface area (Å²) in [5.74, 6) is -0.156. The molecule has 0 unspecified atom stereocenters. The molecule has 0 aliphatic rings. The second kappa shape index (κ2) is 7.94. The van der Waals surface area contributed by atoms with Crippen LogP contribution in [0.4, 0.5) is 0 Å². The Hall–Kier alpha value is -1.36. The number of hydrogen-bond donors (Lipinski definition) is 0. The maximum Gasteiger partial charge on any atom is 0.306 e. The Labute approximate surface area is 115 Å². The Morgan fingerprint density at radius 1 is 1.42 bits per heavy atom. The van der Waals surface area contributed by atoms with Crippen LogP contribution in [-0.4, -0.2) is 40.8 Å². The normalized spacial score (nSPS) is 11.0. The third-order valence-electron chi connectivity index (χ3n) is 3.27. The molecule has 0 radical (unpaired) electrons. The second-order valence-corrected chi connectivity index (χ2v) is 4.49. The molecule has 1 aromatic rings. The van der Waals surface area contributed by atoms with Crippen molar-refractivity contribution in [1.82, 2.24) is 14.7 Å². The van der Waals surface area contributed by atoms with Crippen molar-refractivity contribution in [1.29, 1.82) is 0 Å². The first-order valence-electron chi connectivity index (χ1n) is 6.99. The van der Waals surface area contributed by atoms with E-state index in [1.54, 1.807) is 0 Å². The van der Waals surface area contributed by atoms with Gasteiger partial charge < -0.3 is 4.74 Å². The van der Waals surface area contributed by atoms with Crippen molar-refractivity contribution >= 4 is 5.97 Å². The highest BCUT2D eigenvalue weighted by atomic mass is 16.5. The summed E-state index contributed by atoms with van der Waals surface area (Å²) in [6.07, 6.45) is 1.39. The van der Waals surface area contributed by atoms with Crippen LogP contribution in [0.3, 0.4) is 0 Å². The first-order chi connectivity index (χ1) is 9.14. The lowest BCUT2D eigenvalue weighted by atomic mass is 10.3. The molecule has 5 nitrogen and oxygen atoms in total. The van der Waals surface area contributed by atoms with Gasteiger partial charge in [0.25, 0.3) is 0 Å². The van der Waals surface area contributed by atoms with E-state index in [1.165, 1.54) is 12.8 Å². The predicted molar refractivity (Wildman–Crippen MR) is 74.9 cm³/mol. The summed E-state index contributed by atoms with van der Waals surface area (Å²) in [6, 6.07) is 2.16. The summed E-state index contributed by atoms with van der Waals surface area (Å²) in [5.41, 5.74) is 2.34. The van der Waals surface area contributed by atoms with Crippen LogP contribution in [0.5, 0.6) is 0 Å². The Balaban J connectivity index is 2.64. The van der Waals surface area contributed by atoms with E-state index < -0.39 is 0 Å². The summed E-state index contributed by atoms with van der Waals surface area (Å²) >= 11 is 0. The van der Waals surface area contributed by atoms with Crippen LogP contribution >= 0.6 is 0 Å². The fourth-order valence-corrected chi connectivity index (χ4v) is 2.02. The largest absolute Gasteiger partial charge is 0.469 e. The summed E-state index contributed by atoms with van der Waals surface area (Å²) in [6.45, 7) is 9.65. The summed E-state index contributed by atoms with van der Waals surface area (Å²) in [4.78, 5) is 13.4. The van der Waals surface area contributed by atoms with E-state index in [0.717, 1.165) is 38.3 Å². The molecule has 0 aliphatic carbocycles. The molecule has 108 valence electrons. The first-order valence-corrected chi connectivity index (χ1v) is 6.99. The van der Waals surface area contributed by atoms with Crippen LogP contribution in [0.25, 0.3) is 0 Å². The van der Waals surface area contributed by atoms with Crippen molar-refractivity contribution in [3.8, 4) is 0 Å². The average Bonchev–Trinajstić information content (AvgIpc) is 2.84. The monoisotopic (exact) mass is 267 g/mol. The second-order valence-electron chi connectivity index (χ2n) is 4.49. The Kier molecular flexibility index (Phi) is 6.56. The minimum absolute atomic E-state index is 0.156. The van der Waals surface area contributed by atoms with Gasteiger partial charge in [-0.1, -0.05) is 13.8 Å². The standard InChI is InChI=1S/C14H25N3O2/c1-5-12-10-13(17(7-3)15-12)11-16(6-2)9-8-14(18)19-4/h10H,5-9,11H2,1-4H3. The quantitative estimate of drug-likeness (QED) is 0.674.